The summed E-state index contributed by atoms with van der Waals surface area (Å²) in [6.07, 6.45) is 0. The van der Waals surface area contributed by atoms with Crippen molar-refractivity contribution < 1.29 is 19.4 Å². The third-order valence-electron chi connectivity index (χ3n) is 3.21. The Bertz CT molecular complexity index is 735. The number of benzene rings is 1. The van der Waals surface area contributed by atoms with Gasteiger partial charge >= 0.3 is 12.0 Å². The number of carboxylic acids is 1. The van der Waals surface area contributed by atoms with Crippen LogP contribution in [0, 0.1) is 5.92 Å². The van der Waals surface area contributed by atoms with E-state index in [1.165, 1.54) is 23.7 Å². The molecular formula is C15H18N4O4S2. The first-order valence-corrected chi connectivity index (χ1v) is 8.88. The van der Waals surface area contributed by atoms with Crippen molar-refractivity contribution in [2.45, 2.75) is 17.0 Å². The van der Waals surface area contributed by atoms with E-state index in [-0.39, 0.29) is 6.54 Å². The van der Waals surface area contributed by atoms with Crippen LogP contribution in [0.1, 0.15) is 6.92 Å². The van der Waals surface area contributed by atoms with Crippen LogP contribution in [0.5, 0.6) is 5.75 Å². The molecule has 8 nitrogen and oxygen atoms in total. The molecule has 0 aliphatic heterocycles. The summed E-state index contributed by atoms with van der Waals surface area (Å²) in [5.41, 5.74) is 0. The van der Waals surface area contributed by atoms with Gasteiger partial charge in [0, 0.05) is 30.0 Å². The monoisotopic (exact) mass is 382 g/mol. The van der Waals surface area contributed by atoms with Crippen LogP contribution in [-0.2, 0) is 4.79 Å². The van der Waals surface area contributed by atoms with E-state index in [4.69, 9.17) is 9.84 Å². The molecule has 0 saturated heterocycles. The maximum absolute atomic E-state index is 12.0. The number of aromatic nitrogens is 2. The molecule has 0 spiro atoms. The van der Waals surface area contributed by atoms with Gasteiger partial charge in [-0.15, -0.1) is 0 Å². The van der Waals surface area contributed by atoms with Gasteiger partial charge in [-0.05, 0) is 36.0 Å². The molecule has 1 atom stereocenters. The highest BCUT2D eigenvalue weighted by Gasteiger charge is 2.18. The number of hydrogen-bond donors (Lipinski definition) is 2. The standard InChI is InChI=1S/C15H18N4O4S2/c1-9(12(20)21)8-19(2)15(22)17-13-16-14(18-25-13)24-11-6-4-10(23-3)5-7-11/h4-7,9H,8H2,1-3H3,(H,20,21)(H,16,17,18,22). The molecule has 134 valence electrons. The van der Waals surface area contributed by atoms with Crippen LogP contribution >= 0.6 is 23.3 Å². The van der Waals surface area contributed by atoms with Crippen molar-refractivity contribution in [2.24, 2.45) is 5.92 Å². The molecule has 2 rings (SSSR count). The molecule has 0 radical (unpaired) electrons. The maximum Gasteiger partial charge on any atom is 0.323 e. The Morgan fingerprint density at radius 1 is 1.40 bits per heavy atom. The molecule has 0 bridgehead atoms. The summed E-state index contributed by atoms with van der Waals surface area (Å²) < 4.78 is 9.29. The van der Waals surface area contributed by atoms with Gasteiger partial charge in [-0.3, -0.25) is 10.1 Å². The van der Waals surface area contributed by atoms with Crippen LogP contribution in [-0.4, -0.2) is 52.1 Å². The fraction of sp³-hybridized carbons (Fsp3) is 0.333. The quantitative estimate of drug-likeness (QED) is 0.758. The number of amides is 2. The third-order valence-corrected chi connectivity index (χ3v) is 4.82. The predicted octanol–water partition coefficient (Wildman–Crippen LogP) is 2.88. The molecule has 1 aromatic heterocycles. The van der Waals surface area contributed by atoms with E-state index < -0.39 is 17.9 Å². The van der Waals surface area contributed by atoms with Gasteiger partial charge in [-0.2, -0.15) is 9.36 Å². The van der Waals surface area contributed by atoms with E-state index in [9.17, 15) is 9.59 Å². The number of methoxy groups -OCH3 is 1. The SMILES string of the molecule is COc1ccc(Sc2nsc(NC(=O)N(C)CC(C)C(=O)O)n2)cc1. The van der Waals surface area contributed by atoms with Gasteiger partial charge in [0.2, 0.25) is 10.3 Å². The van der Waals surface area contributed by atoms with Gasteiger partial charge in [0.25, 0.3) is 0 Å². The molecule has 2 N–H and O–H groups in total. The molecule has 0 aliphatic carbocycles. The van der Waals surface area contributed by atoms with E-state index in [0.29, 0.717) is 10.3 Å². The topological polar surface area (TPSA) is 105 Å². The van der Waals surface area contributed by atoms with E-state index in [2.05, 4.69) is 14.7 Å². The fourth-order valence-corrected chi connectivity index (χ4v) is 3.21. The zero-order valence-corrected chi connectivity index (χ0v) is 15.6. The second-order valence-corrected chi connectivity index (χ2v) is 7.00. The van der Waals surface area contributed by atoms with Gasteiger partial charge in [0.05, 0.1) is 13.0 Å². The second-order valence-electron chi connectivity index (χ2n) is 5.21. The Balaban J connectivity index is 1.91. The lowest BCUT2D eigenvalue weighted by atomic mass is 10.2. The van der Waals surface area contributed by atoms with Crippen LogP contribution in [0.25, 0.3) is 0 Å². The van der Waals surface area contributed by atoms with Gasteiger partial charge < -0.3 is 14.7 Å². The smallest absolute Gasteiger partial charge is 0.323 e. The van der Waals surface area contributed by atoms with Crippen LogP contribution in [0.3, 0.4) is 0 Å². The number of nitrogens with one attached hydrogen (secondary N) is 1. The first-order valence-electron chi connectivity index (χ1n) is 7.29. The normalized spacial score (nSPS) is 11.6. The highest BCUT2D eigenvalue weighted by atomic mass is 32.2. The van der Waals surface area contributed by atoms with Crippen molar-refractivity contribution in [1.29, 1.82) is 0 Å². The Hall–Kier alpha value is -2.33. The Labute approximate surface area is 153 Å². The number of carboxylic acid groups (broad SMARTS) is 1. The molecule has 25 heavy (non-hydrogen) atoms. The lowest BCUT2D eigenvalue weighted by Crippen LogP contribution is -2.36. The van der Waals surface area contributed by atoms with E-state index in [1.54, 1.807) is 14.0 Å². The van der Waals surface area contributed by atoms with Crippen LogP contribution < -0.4 is 10.1 Å². The number of rotatable bonds is 7. The Morgan fingerprint density at radius 2 is 2.08 bits per heavy atom. The third kappa shape index (κ3) is 5.61. The number of hydrogen-bond acceptors (Lipinski definition) is 7. The largest absolute Gasteiger partial charge is 0.497 e. The van der Waals surface area contributed by atoms with E-state index in [1.807, 2.05) is 24.3 Å². The molecule has 1 heterocycles. The summed E-state index contributed by atoms with van der Waals surface area (Å²) >= 11 is 2.43. The predicted molar refractivity (Wildman–Crippen MR) is 95.5 cm³/mol. The number of ether oxygens (including phenoxy) is 1. The van der Waals surface area contributed by atoms with Crippen molar-refractivity contribution >= 4 is 40.4 Å². The average Bonchev–Trinajstić information content (AvgIpc) is 3.02. The second kappa shape index (κ2) is 8.67. The molecule has 0 aliphatic rings. The zero-order chi connectivity index (χ0) is 18.4. The van der Waals surface area contributed by atoms with Gasteiger partial charge in [0.15, 0.2) is 0 Å². The van der Waals surface area contributed by atoms with Gasteiger partial charge in [-0.25, -0.2) is 4.79 Å². The number of aliphatic carboxylic acids is 1. The van der Waals surface area contributed by atoms with Crippen molar-refractivity contribution in [3.05, 3.63) is 24.3 Å². The molecule has 0 saturated carbocycles. The molecular weight excluding hydrogens is 364 g/mol. The fourth-order valence-electron chi connectivity index (χ4n) is 1.81. The lowest BCUT2D eigenvalue weighted by Gasteiger charge is -2.18. The molecule has 1 unspecified atom stereocenters. The Morgan fingerprint density at radius 3 is 2.68 bits per heavy atom. The minimum absolute atomic E-state index is 0.105. The highest BCUT2D eigenvalue weighted by molar-refractivity contribution is 7.99. The highest BCUT2D eigenvalue weighted by Crippen LogP contribution is 2.29. The number of anilines is 1. The first kappa shape index (κ1) is 19.0. The zero-order valence-electron chi connectivity index (χ0n) is 13.9. The average molecular weight is 382 g/mol. The number of carbonyl (C=O) groups is 2. The summed E-state index contributed by atoms with van der Waals surface area (Å²) in [7, 11) is 3.14. The minimum atomic E-state index is -0.950. The van der Waals surface area contributed by atoms with Crippen LogP contribution in [0.2, 0.25) is 0 Å². The van der Waals surface area contributed by atoms with Crippen LogP contribution in [0.4, 0.5) is 9.93 Å². The van der Waals surface area contributed by atoms with Crippen molar-refractivity contribution in [3.63, 3.8) is 0 Å². The number of carbonyl (C=O) groups excluding carboxylic acids is 1. The molecule has 1 aromatic carbocycles. The van der Waals surface area contributed by atoms with E-state index in [0.717, 1.165) is 22.2 Å². The maximum atomic E-state index is 12.0. The summed E-state index contributed by atoms with van der Waals surface area (Å²) in [6.45, 7) is 1.65. The summed E-state index contributed by atoms with van der Waals surface area (Å²) in [5.74, 6) is -0.831. The first-order chi connectivity index (χ1) is 11.9. The number of nitrogens with zero attached hydrogens (tertiary/aromatic N) is 3. The minimum Gasteiger partial charge on any atom is -0.497 e. The summed E-state index contributed by atoms with van der Waals surface area (Å²) in [4.78, 5) is 29.4. The van der Waals surface area contributed by atoms with E-state index >= 15 is 0 Å². The van der Waals surface area contributed by atoms with Crippen molar-refractivity contribution in [1.82, 2.24) is 14.3 Å². The van der Waals surface area contributed by atoms with Crippen molar-refractivity contribution in [2.75, 3.05) is 26.0 Å². The molecule has 10 heteroatoms. The van der Waals surface area contributed by atoms with Gasteiger partial charge in [-0.1, -0.05) is 6.92 Å². The molecule has 2 amide bonds. The summed E-state index contributed by atoms with van der Waals surface area (Å²) in [5, 5.41) is 12.4. The van der Waals surface area contributed by atoms with Gasteiger partial charge in [0.1, 0.15) is 5.75 Å². The Kier molecular flexibility index (Phi) is 6.59. The number of urea groups is 1. The summed E-state index contributed by atoms with van der Waals surface area (Å²) in [6, 6.07) is 7.05. The molecule has 2 aromatic rings. The molecule has 0 fully saturated rings. The lowest BCUT2D eigenvalue weighted by molar-refractivity contribution is -0.141. The van der Waals surface area contributed by atoms with Crippen molar-refractivity contribution in [3.8, 4) is 5.75 Å². The van der Waals surface area contributed by atoms with Crippen LogP contribution in [0.15, 0.2) is 34.3 Å².